The second kappa shape index (κ2) is 5.69. The summed E-state index contributed by atoms with van der Waals surface area (Å²) in [5.74, 6) is -1.30. The molecule has 104 valence electrons. The van der Waals surface area contributed by atoms with Crippen molar-refractivity contribution >= 4 is 17.3 Å². The molecule has 0 aliphatic heterocycles. The molecule has 1 rings (SSSR count). The highest BCUT2D eigenvalue weighted by atomic mass is 16.6. The number of carbonyl (C=O) groups is 1. The Kier molecular flexibility index (Phi) is 4.47. The van der Waals surface area contributed by atoms with Crippen molar-refractivity contribution in [3.8, 4) is 0 Å². The Bertz CT molecular complexity index is 492. The lowest BCUT2D eigenvalue weighted by Crippen LogP contribution is -2.13. The van der Waals surface area contributed by atoms with Crippen molar-refractivity contribution in [2.45, 2.75) is 27.2 Å². The number of anilines is 1. The van der Waals surface area contributed by atoms with Gasteiger partial charge in [-0.2, -0.15) is 0 Å². The van der Waals surface area contributed by atoms with Crippen molar-refractivity contribution in [3.63, 3.8) is 0 Å². The number of carboxylic acid groups (broad SMARTS) is 1. The highest BCUT2D eigenvalue weighted by Crippen LogP contribution is 2.24. The summed E-state index contributed by atoms with van der Waals surface area (Å²) in [4.78, 5) is 21.0. The first-order chi connectivity index (χ1) is 8.70. The Morgan fingerprint density at radius 1 is 1.42 bits per heavy atom. The van der Waals surface area contributed by atoms with E-state index in [9.17, 15) is 14.9 Å². The molecular weight excluding hydrogens is 248 g/mol. The largest absolute Gasteiger partial charge is 0.477 e. The summed E-state index contributed by atoms with van der Waals surface area (Å²) in [5.41, 5.74) is 0.0514. The number of nitrogens with one attached hydrogen (secondary N) is 1. The Balaban J connectivity index is 2.85. The van der Waals surface area contributed by atoms with Gasteiger partial charge in [-0.15, -0.1) is 0 Å². The number of aromatic carboxylic acids is 1. The van der Waals surface area contributed by atoms with Crippen molar-refractivity contribution in [2.24, 2.45) is 5.41 Å². The molecule has 0 radical (unpaired) electrons. The molecule has 0 saturated heterocycles. The van der Waals surface area contributed by atoms with E-state index < -0.39 is 16.6 Å². The van der Waals surface area contributed by atoms with Crippen LogP contribution in [0.3, 0.4) is 0 Å². The van der Waals surface area contributed by atoms with Gasteiger partial charge in [-0.3, -0.25) is 10.1 Å². The van der Waals surface area contributed by atoms with Crippen LogP contribution in [-0.2, 0) is 0 Å². The summed E-state index contributed by atoms with van der Waals surface area (Å²) in [7, 11) is 0. The zero-order valence-electron chi connectivity index (χ0n) is 11.3. The summed E-state index contributed by atoms with van der Waals surface area (Å²) in [6.45, 7) is 6.99. The Morgan fingerprint density at radius 2 is 2.05 bits per heavy atom. The second-order valence-corrected chi connectivity index (χ2v) is 5.53. The maximum absolute atomic E-state index is 11.0. The fourth-order valence-corrected chi connectivity index (χ4v) is 1.56. The van der Waals surface area contributed by atoms with Gasteiger partial charge < -0.3 is 10.4 Å². The molecule has 6 heteroatoms. The number of hydrogen-bond donors (Lipinski definition) is 2. The van der Waals surface area contributed by atoms with E-state index in [1.165, 1.54) is 18.2 Å². The minimum atomic E-state index is -1.30. The predicted octanol–water partition coefficient (Wildman–Crippen LogP) is 3.14. The van der Waals surface area contributed by atoms with E-state index in [0.29, 0.717) is 12.2 Å². The van der Waals surface area contributed by atoms with E-state index in [1.807, 2.05) is 0 Å². The molecule has 6 nitrogen and oxygen atoms in total. The summed E-state index contributed by atoms with van der Waals surface area (Å²) >= 11 is 0. The molecule has 0 atom stereocenters. The number of hydrogen-bond acceptors (Lipinski definition) is 4. The van der Waals surface area contributed by atoms with Crippen molar-refractivity contribution in [1.29, 1.82) is 0 Å². The van der Waals surface area contributed by atoms with Crippen molar-refractivity contribution < 1.29 is 14.8 Å². The molecular formula is C13H18N2O4. The zero-order chi connectivity index (χ0) is 14.6. The summed E-state index contributed by atoms with van der Waals surface area (Å²) in [5, 5.41) is 22.7. The van der Waals surface area contributed by atoms with Crippen LogP contribution in [0.25, 0.3) is 0 Å². The van der Waals surface area contributed by atoms with Gasteiger partial charge in [0.05, 0.1) is 4.92 Å². The Morgan fingerprint density at radius 3 is 2.53 bits per heavy atom. The van der Waals surface area contributed by atoms with Crippen LogP contribution in [0.1, 0.15) is 37.6 Å². The quantitative estimate of drug-likeness (QED) is 0.630. The van der Waals surface area contributed by atoms with E-state index in [-0.39, 0.29) is 11.0 Å². The van der Waals surface area contributed by atoms with E-state index in [1.54, 1.807) is 0 Å². The van der Waals surface area contributed by atoms with Crippen molar-refractivity contribution in [1.82, 2.24) is 0 Å². The fraction of sp³-hybridized carbons (Fsp3) is 0.462. The summed E-state index contributed by atoms with van der Waals surface area (Å²) in [6.07, 6.45) is 0.909. The topological polar surface area (TPSA) is 92.5 Å². The van der Waals surface area contributed by atoms with E-state index in [2.05, 4.69) is 26.1 Å². The Labute approximate surface area is 111 Å². The van der Waals surface area contributed by atoms with Gasteiger partial charge in [0.25, 0.3) is 5.69 Å². The van der Waals surface area contributed by atoms with Crippen LogP contribution in [0.2, 0.25) is 0 Å². The molecule has 0 aliphatic rings. The van der Waals surface area contributed by atoms with E-state index in [4.69, 9.17) is 5.11 Å². The fourth-order valence-electron chi connectivity index (χ4n) is 1.56. The molecule has 19 heavy (non-hydrogen) atoms. The first kappa shape index (κ1) is 14.9. The van der Waals surface area contributed by atoms with E-state index in [0.717, 1.165) is 6.42 Å². The van der Waals surface area contributed by atoms with Gasteiger partial charge in [0.1, 0.15) is 5.56 Å². The van der Waals surface area contributed by atoms with Crippen LogP contribution < -0.4 is 5.32 Å². The zero-order valence-corrected chi connectivity index (χ0v) is 11.3. The lowest BCUT2D eigenvalue weighted by atomic mass is 9.92. The van der Waals surface area contributed by atoms with Crippen LogP contribution in [0, 0.1) is 15.5 Å². The predicted molar refractivity (Wildman–Crippen MR) is 72.6 cm³/mol. The van der Waals surface area contributed by atoms with Crippen molar-refractivity contribution in [3.05, 3.63) is 33.9 Å². The molecule has 0 bridgehead atoms. The monoisotopic (exact) mass is 266 g/mol. The minimum absolute atomic E-state index is 0.170. The summed E-state index contributed by atoms with van der Waals surface area (Å²) in [6, 6.07) is 4.03. The molecule has 0 unspecified atom stereocenters. The van der Waals surface area contributed by atoms with Gasteiger partial charge in [-0.05, 0) is 24.0 Å². The van der Waals surface area contributed by atoms with Crippen molar-refractivity contribution in [2.75, 3.05) is 11.9 Å². The third kappa shape index (κ3) is 4.57. The summed E-state index contributed by atoms with van der Waals surface area (Å²) < 4.78 is 0. The standard InChI is InChI=1S/C13H18N2O4/c1-13(2,3)6-7-14-9-4-5-11(15(18)19)10(8-9)12(16)17/h4-5,8,14H,6-7H2,1-3H3,(H,16,17). The molecule has 0 saturated carbocycles. The number of rotatable bonds is 5. The molecule has 0 aromatic heterocycles. The van der Waals surface area contributed by atoms with E-state index >= 15 is 0 Å². The first-order valence-corrected chi connectivity index (χ1v) is 5.96. The SMILES string of the molecule is CC(C)(C)CCNc1ccc([N+](=O)[O-])c(C(=O)O)c1. The van der Waals surface area contributed by atoms with Gasteiger partial charge in [0, 0.05) is 18.3 Å². The number of benzene rings is 1. The van der Waals surface area contributed by atoms with Gasteiger partial charge >= 0.3 is 5.97 Å². The molecule has 1 aromatic carbocycles. The second-order valence-electron chi connectivity index (χ2n) is 5.53. The third-order valence-electron chi connectivity index (χ3n) is 2.63. The average Bonchev–Trinajstić information content (AvgIpc) is 2.26. The molecule has 0 heterocycles. The smallest absolute Gasteiger partial charge is 0.342 e. The van der Waals surface area contributed by atoms with Gasteiger partial charge in [0.15, 0.2) is 0 Å². The van der Waals surface area contributed by atoms with Crippen LogP contribution in [-0.4, -0.2) is 22.5 Å². The molecule has 1 aromatic rings. The normalized spacial score (nSPS) is 11.1. The molecule has 2 N–H and O–H groups in total. The van der Waals surface area contributed by atoms with Crippen LogP contribution in [0.15, 0.2) is 18.2 Å². The lowest BCUT2D eigenvalue weighted by Gasteiger charge is -2.18. The number of nitro groups is 1. The lowest BCUT2D eigenvalue weighted by molar-refractivity contribution is -0.385. The average molecular weight is 266 g/mol. The van der Waals surface area contributed by atoms with Crippen LogP contribution in [0.4, 0.5) is 11.4 Å². The Hall–Kier alpha value is -2.11. The number of carboxylic acids is 1. The third-order valence-corrected chi connectivity index (χ3v) is 2.63. The van der Waals surface area contributed by atoms with Gasteiger partial charge in [-0.25, -0.2) is 4.79 Å². The molecule has 0 spiro atoms. The van der Waals surface area contributed by atoms with Gasteiger partial charge in [-0.1, -0.05) is 20.8 Å². The van der Waals surface area contributed by atoms with Crippen LogP contribution in [0.5, 0.6) is 0 Å². The minimum Gasteiger partial charge on any atom is -0.477 e. The molecule has 0 aliphatic carbocycles. The first-order valence-electron chi connectivity index (χ1n) is 5.96. The van der Waals surface area contributed by atoms with Crippen LogP contribution >= 0.6 is 0 Å². The molecule has 0 fully saturated rings. The number of nitro benzene ring substituents is 1. The maximum atomic E-state index is 11.0. The molecule has 0 amide bonds. The number of nitrogens with zero attached hydrogens (tertiary/aromatic N) is 1. The highest BCUT2D eigenvalue weighted by molar-refractivity contribution is 5.93. The maximum Gasteiger partial charge on any atom is 0.342 e. The highest BCUT2D eigenvalue weighted by Gasteiger charge is 2.20. The van der Waals surface area contributed by atoms with Gasteiger partial charge in [0.2, 0.25) is 0 Å².